The van der Waals surface area contributed by atoms with Crippen LogP contribution in [0.5, 0.6) is 0 Å². The fourth-order valence-electron chi connectivity index (χ4n) is 1.85. The summed E-state index contributed by atoms with van der Waals surface area (Å²) in [5, 5.41) is 3.38. The summed E-state index contributed by atoms with van der Waals surface area (Å²) in [5.74, 6) is 0. The van der Waals surface area contributed by atoms with E-state index in [0.29, 0.717) is 6.61 Å². The molecule has 0 aliphatic rings. The third-order valence-electron chi connectivity index (χ3n) is 2.98. The molecule has 19 heavy (non-hydrogen) atoms. The second-order valence-electron chi connectivity index (χ2n) is 4.70. The van der Waals surface area contributed by atoms with Crippen molar-refractivity contribution in [1.29, 1.82) is 0 Å². The number of hydrogen-bond donors (Lipinski definition) is 1. The van der Waals surface area contributed by atoms with Gasteiger partial charge in [-0.1, -0.05) is 60.2 Å². The Morgan fingerprint density at radius 2 is 1.63 bits per heavy atom. The molecule has 0 saturated carbocycles. The highest BCUT2D eigenvalue weighted by atomic mass is 16.5. The Morgan fingerprint density at radius 3 is 2.37 bits per heavy atom. The quantitative estimate of drug-likeness (QED) is 0.766. The van der Waals surface area contributed by atoms with E-state index < -0.39 is 0 Å². The predicted molar refractivity (Wildman–Crippen MR) is 79.0 cm³/mol. The van der Waals surface area contributed by atoms with Crippen LogP contribution in [0.2, 0.25) is 0 Å². The third-order valence-corrected chi connectivity index (χ3v) is 2.98. The third kappa shape index (κ3) is 5.25. The largest absolute Gasteiger partial charge is 0.375 e. The number of ether oxygens (including phenoxy) is 1. The molecule has 0 aromatic heterocycles. The maximum Gasteiger partial charge on any atom is 0.0717 e. The van der Waals surface area contributed by atoms with Gasteiger partial charge in [-0.25, -0.2) is 0 Å². The van der Waals surface area contributed by atoms with E-state index in [1.807, 2.05) is 18.2 Å². The van der Waals surface area contributed by atoms with Crippen LogP contribution >= 0.6 is 0 Å². The molecule has 0 unspecified atom stereocenters. The molecule has 2 aromatic carbocycles. The Hall–Kier alpha value is -1.64. The molecule has 0 bridgehead atoms. The normalized spacial score (nSPS) is 10.6. The van der Waals surface area contributed by atoms with Crippen molar-refractivity contribution >= 4 is 0 Å². The van der Waals surface area contributed by atoms with Crippen LogP contribution in [0, 0.1) is 6.92 Å². The number of nitrogens with one attached hydrogen (secondary N) is 1. The van der Waals surface area contributed by atoms with Crippen molar-refractivity contribution in [1.82, 2.24) is 5.32 Å². The SMILES string of the molecule is Cc1ccc(CNCCOCc2ccccc2)cc1. The van der Waals surface area contributed by atoms with E-state index in [4.69, 9.17) is 4.74 Å². The van der Waals surface area contributed by atoms with Crippen LogP contribution in [-0.2, 0) is 17.9 Å². The molecule has 0 fully saturated rings. The van der Waals surface area contributed by atoms with Gasteiger partial charge < -0.3 is 10.1 Å². The average molecular weight is 255 g/mol. The van der Waals surface area contributed by atoms with Crippen LogP contribution in [0.4, 0.5) is 0 Å². The van der Waals surface area contributed by atoms with Gasteiger partial charge in [0.2, 0.25) is 0 Å². The molecule has 100 valence electrons. The maximum atomic E-state index is 5.61. The summed E-state index contributed by atoms with van der Waals surface area (Å²) >= 11 is 0. The van der Waals surface area contributed by atoms with Gasteiger partial charge in [0.25, 0.3) is 0 Å². The Balaban J connectivity index is 1.56. The molecule has 0 spiro atoms. The van der Waals surface area contributed by atoms with Gasteiger partial charge in [-0.15, -0.1) is 0 Å². The fourth-order valence-corrected chi connectivity index (χ4v) is 1.85. The Kier molecular flexibility index (Phi) is 5.60. The van der Waals surface area contributed by atoms with E-state index in [-0.39, 0.29) is 0 Å². The van der Waals surface area contributed by atoms with Crippen LogP contribution in [-0.4, -0.2) is 13.2 Å². The predicted octanol–water partition coefficient (Wildman–Crippen LogP) is 3.30. The summed E-state index contributed by atoms with van der Waals surface area (Å²) in [7, 11) is 0. The number of rotatable bonds is 7. The van der Waals surface area contributed by atoms with Crippen molar-refractivity contribution in [3.05, 3.63) is 71.3 Å². The number of hydrogen-bond acceptors (Lipinski definition) is 2. The molecule has 1 N–H and O–H groups in total. The molecule has 0 heterocycles. The summed E-state index contributed by atoms with van der Waals surface area (Å²) in [4.78, 5) is 0. The van der Waals surface area contributed by atoms with Gasteiger partial charge in [0.1, 0.15) is 0 Å². The Labute approximate surface area is 115 Å². The zero-order valence-electron chi connectivity index (χ0n) is 11.4. The van der Waals surface area contributed by atoms with Crippen LogP contribution in [0.1, 0.15) is 16.7 Å². The molecular weight excluding hydrogens is 234 g/mol. The lowest BCUT2D eigenvalue weighted by Gasteiger charge is -2.07. The lowest BCUT2D eigenvalue weighted by Crippen LogP contribution is -2.19. The van der Waals surface area contributed by atoms with E-state index in [2.05, 4.69) is 48.6 Å². The number of aryl methyl sites for hydroxylation is 1. The molecule has 2 heteroatoms. The Morgan fingerprint density at radius 1 is 0.895 bits per heavy atom. The van der Waals surface area contributed by atoms with Crippen LogP contribution < -0.4 is 5.32 Å². The monoisotopic (exact) mass is 255 g/mol. The van der Waals surface area contributed by atoms with Crippen molar-refractivity contribution in [3.63, 3.8) is 0 Å². The molecule has 0 saturated heterocycles. The van der Waals surface area contributed by atoms with E-state index in [9.17, 15) is 0 Å². The fraction of sp³-hybridized carbons (Fsp3) is 0.294. The minimum Gasteiger partial charge on any atom is -0.375 e. The first-order valence-electron chi connectivity index (χ1n) is 6.72. The second-order valence-corrected chi connectivity index (χ2v) is 4.70. The summed E-state index contributed by atoms with van der Waals surface area (Å²) in [6.45, 7) is 5.30. The van der Waals surface area contributed by atoms with Crippen LogP contribution in [0.15, 0.2) is 54.6 Å². The van der Waals surface area contributed by atoms with Gasteiger partial charge in [0.15, 0.2) is 0 Å². The average Bonchev–Trinajstić information content (AvgIpc) is 2.46. The first kappa shape index (κ1) is 13.8. The molecule has 2 nitrogen and oxygen atoms in total. The van der Waals surface area contributed by atoms with Crippen molar-refractivity contribution in [2.45, 2.75) is 20.1 Å². The first-order valence-corrected chi connectivity index (χ1v) is 6.72. The van der Waals surface area contributed by atoms with E-state index in [0.717, 1.165) is 19.7 Å². The van der Waals surface area contributed by atoms with Gasteiger partial charge in [0.05, 0.1) is 13.2 Å². The molecule has 2 aromatic rings. The van der Waals surface area contributed by atoms with Gasteiger partial charge in [-0.3, -0.25) is 0 Å². The van der Waals surface area contributed by atoms with Gasteiger partial charge in [0, 0.05) is 13.1 Å². The molecule has 2 rings (SSSR count). The van der Waals surface area contributed by atoms with Gasteiger partial charge in [-0.2, -0.15) is 0 Å². The van der Waals surface area contributed by atoms with Gasteiger partial charge in [-0.05, 0) is 18.1 Å². The summed E-state index contributed by atoms with van der Waals surface area (Å²) in [6.07, 6.45) is 0. The van der Waals surface area contributed by atoms with Crippen LogP contribution in [0.3, 0.4) is 0 Å². The molecule has 0 radical (unpaired) electrons. The standard InChI is InChI=1S/C17H21NO/c1-15-7-9-16(10-8-15)13-18-11-12-19-14-17-5-3-2-4-6-17/h2-10,18H,11-14H2,1H3. The zero-order valence-corrected chi connectivity index (χ0v) is 11.4. The van der Waals surface area contributed by atoms with Crippen molar-refractivity contribution < 1.29 is 4.74 Å². The molecule has 0 atom stereocenters. The minimum atomic E-state index is 0.688. The lowest BCUT2D eigenvalue weighted by atomic mass is 10.1. The van der Waals surface area contributed by atoms with E-state index in [1.165, 1.54) is 16.7 Å². The summed E-state index contributed by atoms with van der Waals surface area (Å²) in [6, 6.07) is 18.9. The van der Waals surface area contributed by atoms with Crippen LogP contribution in [0.25, 0.3) is 0 Å². The molecule has 0 aliphatic heterocycles. The highest BCUT2D eigenvalue weighted by molar-refractivity contribution is 5.21. The molecule has 0 amide bonds. The Bertz CT molecular complexity index is 464. The van der Waals surface area contributed by atoms with Crippen molar-refractivity contribution in [2.24, 2.45) is 0 Å². The highest BCUT2D eigenvalue weighted by Crippen LogP contribution is 2.02. The topological polar surface area (TPSA) is 21.3 Å². The van der Waals surface area contributed by atoms with Crippen molar-refractivity contribution in [2.75, 3.05) is 13.2 Å². The minimum absolute atomic E-state index is 0.688. The summed E-state index contributed by atoms with van der Waals surface area (Å²) in [5.41, 5.74) is 3.84. The maximum absolute atomic E-state index is 5.61. The lowest BCUT2D eigenvalue weighted by molar-refractivity contribution is 0.122. The van der Waals surface area contributed by atoms with Gasteiger partial charge >= 0.3 is 0 Å². The first-order chi connectivity index (χ1) is 9.34. The highest BCUT2D eigenvalue weighted by Gasteiger charge is 1.94. The zero-order chi connectivity index (χ0) is 13.3. The van der Waals surface area contributed by atoms with Crippen molar-refractivity contribution in [3.8, 4) is 0 Å². The van der Waals surface area contributed by atoms with E-state index >= 15 is 0 Å². The second kappa shape index (κ2) is 7.72. The number of benzene rings is 2. The summed E-state index contributed by atoms with van der Waals surface area (Å²) < 4.78 is 5.61. The molecular formula is C17H21NO. The smallest absolute Gasteiger partial charge is 0.0717 e. The molecule has 0 aliphatic carbocycles. The van der Waals surface area contributed by atoms with E-state index in [1.54, 1.807) is 0 Å².